The second-order valence-corrected chi connectivity index (χ2v) is 7.89. The molecule has 3 aromatic rings. The summed E-state index contributed by atoms with van der Waals surface area (Å²) in [5.74, 6) is 1.98. The Morgan fingerprint density at radius 1 is 0.966 bits per heavy atom. The summed E-state index contributed by atoms with van der Waals surface area (Å²) in [5, 5.41) is 3.03. The molecule has 5 nitrogen and oxygen atoms in total. The fourth-order valence-electron chi connectivity index (χ4n) is 3.99. The first-order chi connectivity index (χ1) is 14.0. The lowest BCUT2D eigenvalue weighted by atomic mass is 9.94. The van der Waals surface area contributed by atoms with Crippen LogP contribution in [-0.2, 0) is 10.2 Å². The lowest BCUT2D eigenvalue weighted by Gasteiger charge is -2.16. The normalized spacial score (nSPS) is 15.8. The summed E-state index contributed by atoms with van der Waals surface area (Å²) in [6, 6.07) is 17.8. The molecule has 0 saturated heterocycles. The number of ether oxygens (including phenoxy) is 2. The van der Waals surface area contributed by atoms with Crippen molar-refractivity contribution < 1.29 is 14.3 Å². The highest BCUT2D eigenvalue weighted by molar-refractivity contribution is 6.01. The van der Waals surface area contributed by atoms with E-state index in [1.807, 2.05) is 36.4 Å². The first-order valence-corrected chi connectivity index (χ1v) is 9.81. The van der Waals surface area contributed by atoms with E-state index in [9.17, 15) is 4.79 Å². The molecule has 1 aliphatic carbocycles. The van der Waals surface area contributed by atoms with E-state index in [2.05, 4.69) is 42.3 Å². The van der Waals surface area contributed by atoms with Crippen molar-refractivity contribution in [3.8, 4) is 22.8 Å². The molecule has 1 aromatic heterocycles. The molecule has 0 radical (unpaired) electrons. The number of rotatable bonds is 4. The van der Waals surface area contributed by atoms with E-state index in [0.717, 1.165) is 35.4 Å². The van der Waals surface area contributed by atoms with Crippen molar-refractivity contribution in [1.29, 1.82) is 0 Å². The number of amides is 1. The van der Waals surface area contributed by atoms with Crippen LogP contribution in [0.3, 0.4) is 0 Å². The molecule has 0 unspecified atom stereocenters. The Labute approximate surface area is 169 Å². The monoisotopic (exact) mass is 386 g/mol. The summed E-state index contributed by atoms with van der Waals surface area (Å²) in [5.41, 5.74) is 4.73. The van der Waals surface area contributed by atoms with Crippen molar-refractivity contribution >= 4 is 11.7 Å². The maximum absolute atomic E-state index is 13.1. The third-order valence-corrected chi connectivity index (χ3v) is 5.62. The van der Waals surface area contributed by atoms with Crippen LogP contribution < -0.4 is 14.8 Å². The van der Waals surface area contributed by atoms with Gasteiger partial charge in [-0.1, -0.05) is 29.3 Å². The van der Waals surface area contributed by atoms with Gasteiger partial charge in [-0.25, -0.2) is 4.98 Å². The number of carbonyl (C=O) groups excluding carboxylic acids is 1. The summed E-state index contributed by atoms with van der Waals surface area (Å²) in [4.78, 5) is 17.8. The van der Waals surface area contributed by atoms with Crippen molar-refractivity contribution in [3.63, 3.8) is 0 Å². The minimum absolute atomic E-state index is 0.0264. The lowest BCUT2D eigenvalue weighted by Crippen LogP contribution is -2.28. The molecule has 2 aromatic carbocycles. The fraction of sp³-hybridized carbons (Fsp3) is 0.250. The second-order valence-electron chi connectivity index (χ2n) is 7.89. The number of pyridine rings is 1. The number of carbonyl (C=O) groups is 1. The number of fused-ring (bicyclic) bond motifs is 1. The minimum Gasteiger partial charge on any atom is -0.454 e. The average molecular weight is 386 g/mol. The Morgan fingerprint density at radius 2 is 1.72 bits per heavy atom. The van der Waals surface area contributed by atoms with Crippen LogP contribution >= 0.6 is 0 Å². The zero-order valence-electron chi connectivity index (χ0n) is 16.5. The number of anilines is 1. The number of hydrogen-bond acceptors (Lipinski definition) is 4. The Morgan fingerprint density at radius 3 is 2.48 bits per heavy atom. The van der Waals surface area contributed by atoms with Gasteiger partial charge in [-0.3, -0.25) is 4.79 Å². The highest BCUT2D eigenvalue weighted by Crippen LogP contribution is 2.51. The van der Waals surface area contributed by atoms with E-state index < -0.39 is 5.41 Å². The topological polar surface area (TPSA) is 60.5 Å². The van der Waals surface area contributed by atoms with Gasteiger partial charge >= 0.3 is 0 Å². The lowest BCUT2D eigenvalue weighted by molar-refractivity contribution is -0.118. The number of nitrogens with zero attached hydrogens (tertiary/aromatic N) is 1. The van der Waals surface area contributed by atoms with Crippen LogP contribution in [0.15, 0.2) is 54.6 Å². The number of aromatic nitrogens is 1. The number of aryl methyl sites for hydroxylation is 2. The Balaban J connectivity index is 1.40. The summed E-state index contributed by atoms with van der Waals surface area (Å²) >= 11 is 0. The van der Waals surface area contributed by atoms with Gasteiger partial charge in [-0.05, 0) is 68.7 Å². The van der Waals surface area contributed by atoms with E-state index in [4.69, 9.17) is 9.47 Å². The minimum atomic E-state index is -0.515. The quantitative estimate of drug-likeness (QED) is 0.702. The molecule has 2 heterocycles. The number of nitrogens with one attached hydrogen (secondary N) is 1. The van der Waals surface area contributed by atoms with Crippen LogP contribution in [0.5, 0.6) is 11.5 Å². The zero-order valence-corrected chi connectivity index (χ0v) is 16.5. The Hall–Kier alpha value is -3.34. The highest BCUT2D eigenvalue weighted by Gasteiger charge is 2.51. The van der Waals surface area contributed by atoms with Crippen molar-refractivity contribution in [2.45, 2.75) is 32.1 Å². The molecule has 5 rings (SSSR count). The van der Waals surface area contributed by atoms with Gasteiger partial charge in [0.1, 0.15) is 5.82 Å². The van der Waals surface area contributed by atoms with Gasteiger partial charge in [0.05, 0.1) is 11.1 Å². The van der Waals surface area contributed by atoms with Gasteiger partial charge in [-0.2, -0.15) is 0 Å². The first-order valence-electron chi connectivity index (χ1n) is 9.81. The van der Waals surface area contributed by atoms with Crippen LogP contribution in [-0.4, -0.2) is 17.7 Å². The molecule has 1 saturated carbocycles. The van der Waals surface area contributed by atoms with E-state index >= 15 is 0 Å². The largest absolute Gasteiger partial charge is 0.454 e. The van der Waals surface area contributed by atoms with Crippen LogP contribution in [0.1, 0.15) is 29.5 Å². The van der Waals surface area contributed by atoms with Crippen molar-refractivity contribution in [1.82, 2.24) is 4.98 Å². The number of hydrogen-bond donors (Lipinski definition) is 1. The standard InChI is InChI=1S/C24H22N2O3/c1-15-10-16(2)12-17(11-15)19-4-3-5-22(25-19)26-23(27)24(8-9-24)18-6-7-20-21(13-18)29-14-28-20/h3-7,10-13H,8-9,14H2,1-2H3,(H,25,26,27). The van der Waals surface area contributed by atoms with Crippen LogP contribution in [0.4, 0.5) is 5.82 Å². The summed E-state index contributed by atoms with van der Waals surface area (Å²) < 4.78 is 10.9. The van der Waals surface area contributed by atoms with E-state index in [0.29, 0.717) is 11.6 Å². The van der Waals surface area contributed by atoms with Crippen molar-refractivity contribution in [2.24, 2.45) is 0 Å². The van der Waals surface area contributed by atoms with Crippen LogP contribution in [0.2, 0.25) is 0 Å². The van der Waals surface area contributed by atoms with Crippen LogP contribution in [0, 0.1) is 13.8 Å². The molecule has 0 atom stereocenters. The van der Waals surface area contributed by atoms with Crippen molar-refractivity contribution in [2.75, 3.05) is 12.1 Å². The molecule has 1 N–H and O–H groups in total. The Bertz CT molecular complexity index is 1100. The third kappa shape index (κ3) is 3.23. The predicted octanol–water partition coefficient (Wildman–Crippen LogP) is 4.76. The maximum Gasteiger partial charge on any atom is 0.236 e. The van der Waals surface area contributed by atoms with Gasteiger partial charge in [0.25, 0.3) is 0 Å². The van der Waals surface area contributed by atoms with E-state index in [1.54, 1.807) is 0 Å². The van der Waals surface area contributed by atoms with Gasteiger partial charge in [0, 0.05) is 5.56 Å². The maximum atomic E-state index is 13.1. The molecule has 0 bridgehead atoms. The molecule has 29 heavy (non-hydrogen) atoms. The predicted molar refractivity (Wildman–Crippen MR) is 111 cm³/mol. The molecule has 146 valence electrons. The molecule has 1 fully saturated rings. The molecular weight excluding hydrogens is 364 g/mol. The summed E-state index contributed by atoms with van der Waals surface area (Å²) in [7, 11) is 0. The SMILES string of the molecule is Cc1cc(C)cc(-c2cccc(NC(=O)C3(c4ccc5c(c4)OCO5)CC3)n2)c1. The summed E-state index contributed by atoms with van der Waals surface area (Å²) in [6.07, 6.45) is 1.63. The Kier molecular flexibility index (Phi) is 4.05. The number of benzene rings is 2. The molecular formula is C24H22N2O3. The molecule has 5 heteroatoms. The third-order valence-electron chi connectivity index (χ3n) is 5.62. The van der Waals surface area contributed by atoms with Gasteiger partial charge in [-0.15, -0.1) is 0 Å². The van der Waals surface area contributed by atoms with E-state index in [-0.39, 0.29) is 12.7 Å². The first kappa shape index (κ1) is 17.7. The molecule has 2 aliphatic rings. The van der Waals surface area contributed by atoms with E-state index in [1.165, 1.54) is 11.1 Å². The average Bonchev–Trinajstić information content (AvgIpc) is 3.38. The fourth-order valence-corrected chi connectivity index (χ4v) is 3.99. The second kappa shape index (κ2) is 6.62. The van der Waals surface area contributed by atoms with Gasteiger partial charge < -0.3 is 14.8 Å². The molecule has 0 spiro atoms. The van der Waals surface area contributed by atoms with Crippen molar-refractivity contribution in [3.05, 3.63) is 71.3 Å². The zero-order chi connectivity index (χ0) is 20.0. The summed E-state index contributed by atoms with van der Waals surface area (Å²) in [6.45, 7) is 4.38. The molecule has 1 aliphatic heterocycles. The van der Waals surface area contributed by atoms with Gasteiger partial charge in [0.2, 0.25) is 12.7 Å². The van der Waals surface area contributed by atoms with Gasteiger partial charge in [0.15, 0.2) is 11.5 Å². The van der Waals surface area contributed by atoms with Crippen LogP contribution in [0.25, 0.3) is 11.3 Å². The smallest absolute Gasteiger partial charge is 0.236 e. The molecule has 1 amide bonds. The highest BCUT2D eigenvalue weighted by atomic mass is 16.7.